The van der Waals surface area contributed by atoms with E-state index in [1.165, 1.54) is 12.1 Å². The van der Waals surface area contributed by atoms with Crippen LogP contribution in [0.3, 0.4) is 0 Å². The summed E-state index contributed by atoms with van der Waals surface area (Å²) in [5, 5.41) is 9.37. The number of benzene rings is 1. The first kappa shape index (κ1) is 11.8. The van der Waals surface area contributed by atoms with E-state index in [0.717, 1.165) is 6.42 Å². The lowest BCUT2D eigenvalue weighted by Crippen LogP contribution is -2.16. The summed E-state index contributed by atoms with van der Waals surface area (Å²) < 4.78 is 25.3. The molecule has 5 heteroatoms. The molecule has 0 amide bonds. The minimum atomic E-state index is -3.33. The van der Waals surface area contributed by atoms with E-state index in [1.807, 2.05) is 6.92 Å². The normalized spacial score (nSPS) is 11.3. The van der Waals surface area contributed by atoms with Crippen LogP contribution in [-0.2, 0) is 10.0 Å². The van der Waals surface area contributed by atoms with Crippen LogP contribution in [0.1, 0.15) is 19.8 Å². The molecule has 15 heavy (non-hydrogen) atoms. The van der Waals surface area contributed by atoms with Crippen LogP contribution < -0.4 is 4.72 Å². The second-order valence-corrected chi connectivity index (χ2v) is 5.13. The van der Waals surface area contributed by atoms with Crippen LogP contribution >= 0.6 is 0 Å². The van der Waals surface area contributed by atoms with Gasteiger partial charge in [0.15, 0.2) is 0 Å². The van der Waals surface area contributed by atoms with Crippen molar-refractivity contribution >= 4 is 15.7 Å². The molecular formula is C10H15NO3S. The molecule has 0 radical (unpaired) electrons. The Bertz CT molecular complexity index is 414. The monoisotopic (exact) mass is 229 g/mol. The summed E-state index contributed by atoms with van der Waals surface area (Å²) in [6, 6.07) is 6.27. The van der Waals surface area contributed by atoms with Gasteiger partial charge in [0.2, 0.25) is 10.0 Å². The fourth-order valence-corrected chi connectivity index (χ4v) is 2.39. The Kier molecular flexibility index (Phi) is 3.96. The molecule has 0 aliphatic rings. The summed E-state index contributed by atoms with van der Waals surface area (Å²) >= 11 is 0. The minimum absolute atomic E-state index is 0.0578. The maximum Gasteiger partial charge on any atom is 0.232 e. The van der Waals surface area contributed by atoms with Crippen molar-refractivity contribution in [1.29, 1.82) is 0 Å². The van der Waals surface area contributed by atoms with E-state index in [2.05, 4.69) is 4.72 Å². The Labute approximate surface area is 90.0 Å². The summed E-state index contributed by atoms with van der Waals surface area (Å²) in [6.07, 6.45) is 1.44. The highest BCUT2D eigenvalue weighted by molar-refractivity contribution is 7.92. The molecule has 0 fully saturated rings. The maximum atomic E-state index is 11.5. The molecule has 2 N–H and O–H groups in total. The first-order valence-electron chi connectivity index (χ1n) is 4.83. The second kappa shape index (κ2) is 5.02. The van der Waals surface area contributed by atoms with E-state index in [9.17, 15) is 13.5 Å². The van der Waals surface area contributed by atoms with Crippen molar-refractivity contribution in [2.45, 2.75) is 19.8 Å². The van der Waals surface area contributed by atoms with Crippen molar-refractivity contribution in [1.82, 2.24) is 0 Å². The van der Waals surface area contributed by atoms with Gasteiger partial charge in [0, 0.05) is 0 Å². The van der Waals surface area contributed by atoms with Gasteiger partial charge in [0.1, 0.15) is 5.75 Å². The molecule has 4 nitrogen and oxygen atoms in total. The van der Waals surface area contributed by atoms with E-state index in [4.69, 9.17) is 0 Å². The predicted octanol–water partition coefficient (Wildman–Crippen LogP) is 1.93. The largest absolute Gasteiger partial charge is 0.506 e. The number of hydrogen-bond donors (Lipinski definition) is 2. The third-order valence-electron chi connectivity index (χ3n) is 1.94. The van der Waals surface area contributed by atoms with Gasteiger partial charge in [-0.05, 0) is 18.6 Å². The SMILES string of the molecule is CCCCS(=O)(=O)Nc1ccccc1O. The van der Waals surface area contributed by atoms with Crippen LogP contribution in [0.4, 0.5) is 5.69 Å². The van der Waals surface area contributed by atoms with Gasteiger partial charge in [-0.2, -0.15) is 0 Å². The topological polar surface area (TPSA) is 66.4 Å². The zero-order chi connectivity index (χ0) is 11.3. The van der Waals surface area contributed by atoms with Gasteiger partial charge in [-0.3, -0.25) is 4.72 Å². The van der Waals surface area contributed by atoms with E-state index in [0.29, 0.717) is 6.42 Å². The Morgan fingerprint density at radius 1 is 1.33 bits per heavy atom. The molecule has 0 aliphatic carbocycles. The average molecular weight is 229 g/mol. The number of hydrogen-bond acceptors (Lipinski definition) is 3. The number of rotatable bonds is 5. The number of phenols is 1. The number of unbranched alkanes of at least 4 members (excludes halogenated alkanes) is 1. The molecule has 1 rings (SSSR count). The van der Waals surface area contributed by atoms with Crippen molar-refractivity contribution in [2.75, 3.05) is 10.5 Å². The van der Waals surface area contributed by atoms with Crippen LogP contribution in [0.15, 0.2) is 24.3 Å². The van der Waals surface area contributed by atoms with Crippen LogP contribution in [0.5, 0.6) is 5.75 Å². The van der Waals surface area contributed by atoms with E-state index in [-0.39, 0.29) is 17.2 Å². The van der Waals surface area contributed by atoms with Gasteiger partial charge in [-0.15, -0.1) is 0 Å². The first-order chi connectivity index (χ1) is 7.05. The number of aromatic hydroxyl groups is 1. The van der Waals surface area contributed by atoms with Crippen LogP contribution in [0, 0.1) is 0 Å². The smallest absolute Gasteiger partial charge is 0.232 e. The number of anilines is 1. The van der Waals surface area contributed by atoms with Crippen LogP contribution in [-0.4, -0.2) is 19.3 Å². The molecule has 0 saturated heterocycles. The second-order valence-electron chi connectivity index (χ2n) is 3.29. The third kappa shape index (κ3) is 3.79. The number of sulfonamides is 1. The Morgan fingerprint density at radius 3 is 2.60 bits per heavy atom. The summed E-state index contributed by atoms with van der Waals surface area (Å²) in [5.41, 5.74) is 0.230. The molecule has 0 unspecified atom stereocenters. The Hall–Kier alpha value is -1.23. The molecular weight excluding hydrogens is 214 g/mol. The first-order valence-corrected chi connectivity index (χ1v) is 6.49. The molecule has 84 valence electrons. The van der Waals surface area contributed by atoms with Crippen molar-refractivity contribution in [3.05, 3.63) is 24.3 Å². The van der Waals surface area contributed by atoms with Gasteiger partial charge in [0.05, 0.1) is 11.4 Å². The van der Waals surface area contributed by atoms with Gasteiger partial charge >= 0.3 is 0 Å². The standard InChI is InChI=1S/C10H15NO3S/c1-2-3-8-15(13,14)11-9-6-4-5-7-10(9)12/h4-7,11-12H,2-3,8H2,1H3. The van der Waals surface area contributed by atoms with Crippen molar-refractivity contribution in [3.8, 4) is 5.75 Å². The van der Waals surface area contributed by atoms with E-state index < -0.39 is 10.0 Å². The molecule has 1 aromatic rings. The zero-order valence-electron chi connectivity index (χ0n) is 8.60. The highest BCUT2D eigenvalue weighted by atomic mass is 32.2. The molecule has 0 atom stereocenters. The van der Waals surface area contributed by atoms with Gasteiger partial charge in [-0.25, -0.2) is 8.42 Å². The third-order valence-corrected chi connectivity index (χ3v) is 3.29. The fourth-order valence-electron chi connectivity index (χ4n) is 1.11. The summed E-state index contributed by atoms with van der Waals surface area (Å²) in [4.78, 5) is 0. The average Bonchev–Trinajstić information content (AvgIpc) is 2.18. The zero-order valence-corrected chi connectivity index (χ0v) is 9.42. The maximum absolute atomic E-state index is 11.5. The molecule has 0 aliphatic heterocycles. The quantitative estimate of drug-likeness (QED) is 0.758. The van der Waals surface area contributed by atoms with Gasteiger partial charge in [0.25, 0.3) is 0 Å². The van der Waals surface area contributed by atoms with Crippen LogP contribution in [0.25, 0.3) is 0 Å². The Balaban J connectivity index is 2.74. The molecule has 0 spiro atoms. The molecule has 0 saturated carbocycles. The summed E-state index contributed by atoms with van der Waals surface area (Å²) in [7, 11) is -3.33. The number of phenolic OH excluding ortho intramolecular Hbond substituents is 1. The van der Waals surface area contributed by atoms with Crippen molar-refractivity contribution in [3.63, 3.8) is 0 Å². The highest BCUT2D eigenvalue weighted by Crippen LogP contribution is 2.22. The summed E-state index contributed by atoms with van der Waals surface area (Å²) in [6.45, 7) is 1.93. The van der Waals surface area contributed by atoms with Gasteiger partial charge < -0.3 is 5.11 Å². The Morgan fingerprint density at radius 2 is 2.00 bits per heavy atom. The summed E-state index contributed by atoms with van der Waals surface area (Å²) in [5.74, 6) is 0.0234. The lowest BCUT2D eigenvalue weighted by molar-refractivity contribution is 0.477. The number of nitrogens with one attached hydrogen (secondary N) is 1. The van der Waals surface area contributed by atoms with E-state index >= 15 is 0 Å². The van der Waals surface area contributed by atoms with Gasteiger partial charge in [-0.1, -0.05) is 25.5 Å². The lowest BCUT2D eigenvalue weighted by Gasteiger charge is -2.08. The fraction of sp³-hybridized carbons (Fsp3) is 0.400. The van der Waals surface area contributed by atoms with Crippen molar-refractivity contribution < 1.29 is 13.5 Å². The molecule has 0 aromatic heterocycles. The van der Waals surface area contributed by atoms with Crippen molar-refractivity contribution in [2.24, 2.45) is 0 Å². The molecule has 0 bridgehead atoms. The van der Waals surface area contributed by atoms with E-state index in [1.54, 1.807) is 12.1 Å². The van der Waals surface area contributed by atoms with Crippen LogP contribution in [0.2, 0.25) is 0 Å². The minimum Gasteiger partial charge on any atom is -0.506 e. The molecule has 0 heterocycles. The number of para-hydroxylation sites is 2. The predicted molar refractivity (Wildman–Crippen MR) is 60.4 cm³/mol. The molecule has 1 aromatic carbocycles. The highest BCUT2D eigenvalue weighted by Gasteiger charge is 2.11. The lowest BCUT2D eigenvalue weighted by atomic mass is 10.3.